The van der Waals surface area contributed by atoms with Crippen LogP contribution in [0.5, 0.6) is 5.75 Å². The fourth-order valence-electron chi connectivity index (χ4n) is 2.35. The van der Waals surface area contributed by atoms with Crippen molar-refractivity contribution in [2.24, 2.45) is 0 Å². The average Bonchev–Trinajstić information content (AvgIpc) is 2.85. The molecule has 0 aromatic heterocycles. The molecule has 13 heavy (non-hydrogen) atoms. The Morgan fingerprint density at radius 1 is 1.08 bits per heavy atom. The third kappa shape index (κ3) is 1.14. The molecule has 0 atom stereocenters. The normalized spacial score (nSPS) is 20.3. The molecule has 1 aromatic rings. The second kappa shape index (κ2) is 2.50. The zero-order chi connectivity index (χ0) is 8.84. The molecule has 2 aliphatic carbocycles. The van der Waals surface area contributed by atoms with E-state index < -0.39 is 0 Å². The Bertz CT molecular complexity index is 350. The molecule has 0 radical (unpaired) electrons. The van der Waals surface area contributed by atoms with E-state index >= 15 is 0 Å². The summed E-state index contributed by atoms with van der Waals surface area (Å²) in [6, 6.07) is 4.24. The van der Waals surface area contributed by atoms with E-state index in [4.69, 9.17) is 0 Å². The van der Waals surface area contributed by atoms with Crippen LogP contribution in [0.1, 0.15) is 41.9 Å². The topological polar surface area (TPSA) is 20.2 Å². The Morgan fingerprint density at radius 3 is 2.46 bits per heavy atom. The minimum atomic E-state index is 0.545. The summed E-state index contributed by atoms with van der Waals surface area (Å²) < 4.78 is 0. The Kier molecular flexibility index (Phi) is 1.43. The van der Waals surface area contributed by atoms with Crippen LogP contribution in [0.25, 0.3) is 0 Å². The number of aryl methyl sites for hydroxylation is 2. The summed E-state index contributed by atoms with van der Waals surface area (Å²) in [7, 11) is 0. The monoisotopic (exact) mass is 174 g/mol. The predicted molar refractivity (Wildman–Crippen MR) is 52.1 cm³/mol. The van der Waals surface area contributed by atoms with Crippen LogP contribution in [0.4, 0.5) is 0 Å². The van der Waals surface area contributed by atoms with Crippen LogP contribution in [0, 0.1) is 0 Å². The van der Waals surface area contributed by atoms with Gasteiger partial charge >= 0.3 is 0 Å². The van der Waals surface area contributed by atoms with E-state index in [2.05, 4.69) is 6.07 Å². The van der Waals surface area contributed by atoms with Crippen molar-refractivity contribution in [1.29, 1.82) is 0 Å². The molecule has 1 saturated carbocycles. The Hall–Kier alpha value is -0.980. The molecular formula is C12H14O. The summed E-state index contributed by atoms with van der Waals surface area (Å²) >= 11 is 0. The van der Waals surface area contributed by atoms with Crippen molar-refractivity contribution in [1.82, 2.24) is 0 Å². The van der Waals surface area contributed by atoms with Crippen molar-refractivity contribution >= 4 is 0 Å². The molecule has 0 aliphatic heterocycles. The van der Waals surface area contributed by atoms with Crippen molar-refractivity contribution in [3.05, 3.63) is 28.8 Å². The van der Waals surface area contributed by atoms with Gasteiger partial charge in [-0.25, -0.2) is 0 Å². The second-order valence-electron chi connectivity index (χ2n) is 4.31. The summed E-state index contributed by atoms with van der Waals surface area (Å²) in [4.78, 5) is 0. The van der Waals surface area contributed by atoms with Gasteiger partial charge in [-0.05, 0) is 60.8 Å². The minimum Gasteiger partial charge on any atom is -0.508 e. The first kappa shape index (κ1) is 7.43. The van der Waals surface area contributed by atoms with Crippen LogP contribution in [0.15, 0.2) is 12.1 Å². The molecule has 1 fully saturated rings. The standard InChI is InChI=1S/C12H14O/c13-12-7-10-3-1-2-9(10)6-11(12)8-4-5-8/h6-8,13H,1-5H2. The Morgan fingerprint density at radius 2 is 1.77 bits per heavy atom. The lowest BCUT2D eigenvalue weighted by molar-refractivity contribution is 0.467. The van der Waals surface area contributed by atoms with Crippen LogP contribution in [0.3, 0.4) is 0 Å². The first-order valence-electron chi connectivity index (χ1n) is 5.19. The Balaban J connectivity index is 2.10. The van der Waals surface area contributed by atoms with E-state index in [0.717, 1.165) is 6.42 Å². The molecule has 0 unspecified atom stereocenters. The lowest BCUT2D eigenvalue weighted by Gasteiger charge is -2.06. The molecule has 0 bridgehead atoms. The molecule has 0 spiro atoms. The second-order valence-corrected chi connectivity index (χ2v) is 4.31. The largest absolute Gasteiger partial charge is 0.508 e. The molecule has 1 heteroatoms. The summed E-state index contributed by atoms with van der Waals surface area (Å²) in [6.07, 6.45) is 6.19. The van der Waals surface area contributed by atoms with Crippen LogP contribution < -0.4 is 0 Å². The first-order valence-corrected chi connectivity index (χ1v) is 5.19. The van der Waals surface area contributed by atoms with E-state index in [1.54, 1.807) is 0 Å². The van der Waals surface area contributed by atoms with E-state index in [1.807, 2.05) is 6.07 Å². The van der Waals surface area contributed by atoms with Gasteiger partial charge in [-0.1, -0.05) is 6.07 Å². The average molecular weight is 174 g/mol. The van der Waals surface area contributed by atoms with E-state index in [-0.39, 0.29) is 0 Å². The van der Waals surface area contributed by atoms with Gasteiger partial charge in [-0.15, -0.1) is 0 Å². The number of rotatable bonds is 1. The highest BCUT2D eigenvalue weighted by molar-refractivity contribution is 5.46. The maximum absolute atomic E-state index is 9.79. The molecule has 0 amide bonds. The fourth-order valence-corrected chi connectivity index (χ4v) is 2.35. The van der Waals surface area contributed by atoms with Gasteiger partial charge in [0, 0.05) is 0 Å². The van der Waals surface area contributed by atoms with Crippen molar-refractivity contribution in [2.45, 2.75) is 38.0 Å². The van der Waals surface area contributed by atoms with Crippen molar-refractivity contribution < 1.29 is 5.11 Å². The number of phenols is 1. The van der Waals surface area contributed by atoms with Crippen LogP contribution in [0.2, 0.25) is 0 Å². The lowest BCUT2D eigenvalue weighted by Crippen LogP contribution is -1.87. The maximum atomic E-state index is 9.79. The lowest BCUT2D eigenvalue weighted by atomic mass is 10.0. The van der Waals surface area contributed by atoms with Crippen LogP contribution in [-0.4, -0.2) is 5.11 Å². The number of aromatic hydroxyl groups is 1. The highest BCUT2D eigenvalue weighted by Crippen LogP contribution is 2.45. The van der Waals surface area contributed by atoms with E-state index in [1.165, 1.54) is 42.4 Å². The molecule has 0 heterocycles. The zero-order valence-corrected chi connectivity index (χ0v) is 7.71. The van der Waals surface area contributed by atoms with Gasteiger partial charge < -0.3 is 5.11 Å². The third-order valence-electron chi connectivity index (χ3n) is 3.26. The number of hydrogen-bond acceptors (Lipinski definition) is 1. The minimum absolute atomic E-state index is 0.545. The number of benzene rings is 1. The van der Waals surface area contributed by atoms with Gasteiger partial charge in [0.05, 0.1) is 0 Å². The smallest absolute Gasteiger partial charge is 0.119 e. The van der Waals surface area contributed by atoms with Gasteiger partial charge in [-0.2, -0.15) is 0 Å². The molecule has 68 valence electrons. The quantitative estimate of drug-likeness (QED) is 0.694. The summed E-state index contributed by atoms with van der Waals surface area (Å²) in [5.74, 6) is 1.22. The predicted octanol–water partition coefficient (Wildman–Crippen LogP) is 2.76. The fraction of sp³-hybridized carbons (Fsp3) is 0.500. The summed E-state index contributed by atoms with van der Waals surface area (Å²) in [5, 5.41) is 9.79. The van der Waals surface area contributed by atoms with Gasteiger partial charge in [0.15, 0.2) is 0 Å². The molecule has 0 saturated heterocycles. The van der Waals surface area contributed by atoms with Gasteiger partial charge in [0.25, 0.3) is 0 Å². The van der Waals surface area contributed by atoms with E-state index in [9.17, 15) is 5.11 Å². The number of hydrogen-bond donors (Lipinski definition) is 1. The molecule has 1 N–H and O–H groups in total. The highest BCUT2D eigenvalue weighted by Gasteiger charge is 2.27. The van der Waals surface area contributed by atoms with Gasteiger partial charge in [-0.3, -0.25) is 0 Å². The first-order chi connectivity index (χ1) is 6.34. The molecule has 2 aliphatic rings. The third-order valence-corrected chi connectivity index (χ3v) is 3.26. The summed E-state index contributed by atoms with van der Waals surface area (Å²) in [6.45, 7) is 0. The van der Waals surface area contributed by atoms with Crippen LogP contribution in [-0.2, 0) is 12.8 Å². The SMILES string of the molecule is Oc1cc2c(cc1C1CC1)CCC2. The zero-order valence-electron chi connectivity index (χ0n) is 7.71. The number of phenolic OH excluding ortho intramolecular Hbond substituents is 1. The Labute approximate surface area is 78.4 Å². The van der Waals surface area contributed by atoms with Crippen molar-refractivity contribution in [3.8, 4) is 5.75 Å². The molecule has 3 rings (SSSR count). The highest BCUT2D eigenvalue weighted by atomic mass is 16.3. The summed E-state index contributed by atoms with van der Waals surface area (Å²) in [5.41, 5.74) is 4.07. The molecule has 1 aromatic carbocycles. The van der Waals surface area contributed by atoms with Crippen molar-refractivity contribution in [3.63, 3.8) is 0 Å². The maximum Gasteiger partial charge on any atom is 0.119 e. The molecular weight excluding hydrogens is 160 g/mol. The number of fused-ring (bicyclic) bond motifs is 1. The van der Waals surface area contributed by atoms with Crippen LogP contribution >= 0.6 is 0 Å². The van der Waals surface area contributed by atoms with Crippen molar-refractivity contribution in [2.75, 3.05) is 0 Å². The van der Waals surface area contributed by atoms with E-state index in [0.29, 0.717) is 11.7 Å². The molecule has 1 nitrogen and oxygen atoms in total. The van der Waals surface area contributed by atoms with Gasteiger partial charge in [0.1, 0.15) is 5.75 Å². The van der Waals surface area contributed by atoms with Gasteiger partial charge in [0.2, 0.25) is 0 Å².